The van der Waals surface area contributed by atoms with Crippen LogP contribution in [0.15, 0.2) is 41.2 Å². The molecule has 6 nitrogen and oxygen atoms in total. The van der Waals surface area contributed by atoms with Crippen molar-refractivity contribution < 1.29 is 22.3 Å². The molecule has 3 rings (SSSR count). The molecule has 148 valence electrons. The summed E-state index contributed by atoms with van der Waals surface area (Å²) in [5, 5.41) is 7.41. The first-order valence-corrected chi connectivity index (χ1v) is 8.32. The number of hydrogen-bond donors (Lipinski definition) is 0. The largest absolute Gasteiger partial charge is 0.488 e. The van der Waals surface area contributed by atoms with E-state index >= 15 is 0 Å². The summed E-state index contributed by atoms with van der Waals surface area (Å²) in [5.74, 6) is -1.48. The number of aryl methyl sites for hydroxylation is 2. The van der Waals surface area contributed by atoms with Gasteiger partial charge < -0.3 is 4.74 Å². The van der Waals surface area contributed by atoms with Crippen LogP contribution in [0.2, 0.25) is 0 Å². The molecule has 0 unspecified atom stereocenters. The maximum atomic E-state index is 13.5. The van der Waals surface area contributed by atoms with Crippen molar-refractivity contribution in [2.24, 2.45) is 7.05 Å². The molecule has 10 heteroatoms. The Balaban J connectivity index is 2.04. The molecular weight excluding hydrogens is 380 g/mol. The summed E-state index contributed by atoms with van der Waals surface area (Å²) >= 11 is 0. The second-order valence-electron chi connectivity index (χ2n) is 5.99. The quantitative estimate of drug-likeness (QED) is 0.621. The molecule has 1 heterocycles. The zero-order valence-corrected chi connectivity index (χ0v) is 15.0. The number of nitrogens with zero attached hydrogens (tertiary/aromatic N) is 4. The molecule has 0 saturated carbocycles. The van der Waals surface area contributed by atoms with Gasteiger partial charge in [-0.15, -0.1) is 0 Å². The highest BCUT2D eigenvalue weighted by Gasteiger charge is 2.34. The van der Waals surface area contributed by atoms with Crippen LogP contribution in [0.5, 0.6) is 5.75 Å². The summed E-state index contributed by atoms with van der Waals surface area (Å²) in [4.78, 5) is 12.2. The summed E-state index contributed by atoms with van der Waals surface area (Å²) in [6.45, 7) is 1.54. The van der Waals surface area contributed by atoms with Crippen LogP contribution in [0.4, 0.5) is 17.6 Å². The molecule has 0 aliphatic heterocycles. The Morgan fingerprint density at radius 2 is 1.89 bits per heavy atom. The van der Waals surface area contributed by atoms with Gasteiger partial charge in [0, 0.05) is 18.7 Å². The first-order chi connectivity index (χ1) is 13.2. The topological polar surface area (TPSA) is 61.9 Å². The Labute approximate surface area is 157 Å². The molecule has 0 N–H and O–H groups in total. The average molecular weight is 396 g/mol. The maximum Gasteiger partial charge on any atom is 0.419 e. The fraction of sp³-hybridized carbons (Fsp3) is 0.278. The van der Waals surface area contributed by atoms with Crippen LogP contribution in [-0.4, -0.2) is 19.8 Å². The minimum atomic E-state index is -4.70. The fourth-order valence-corrected chi connectivity index (χ4v) is 2.78. The molecule has 0 saturated heterocycles. The van der Waals surface area contributed by atoms with Crippen molar-refractivity contribution in [2.45, 2.75) is 26.1 Å². The number of rotatable bonds is 5. The Hall–Kier alpha value is -3.17. The van der Waals surface area contributed by atoms with Crippen LogP contribution >= 0.6 is 0 Å². The molecule has 0 fully saturated rings. The monoisotopic (exact) mass is 396 g/mol. The lowest BCUT2D eigenvalue weighted by Gasteiger charge is -2.17. The van der Waals surface area contributed by atoms with Crippen molar-refractivity contribution in [3.05, 3.63) is 69.4 Å². The van der Waals surface area contributed by atoms with Crippen LogP contribution in [0, 0.1) is 5.82 Å². The van der Waals surface area contributed by atoms with E-state index in [1.807, 2.05) is 6.92 Å². The minimum Gasteiger partial charge on any atom is -0.488 e. The van der Waals surface area contributed by atoms with Crippen LogP contribution < -0.4 is 10.4 Å². The van der Waals surface area contributed by atoms with E-state index in [1.54, 1.807) is 18.2 Å². The lowest BCUT2D eigenvalue weighted by atomic mass is 10.0. The SMILES string of the molecule is CCc1cccc(-n2nnn(C)c2=O)c1COc1cc(F)ccc1C(F)(F)F. The van der Waals surface area contributed by atoms with E-state index in [9.17, 15) is 22.4 Å². The number of hydrogen-bond acceptors (Lipinski definition) is 4. The molecule has 0 amide bonds. The van der Waals surface area contributed by atoms with Gasteiger partial charge in [-0.05, 0) is 40.6 Å². The molecule has 0 spiro atoms. The highest BCUT2D eigenvalue weighted by Crippen LogP contribution is 2.37. The first-order valence-electron chi connectivity index (χ1n) is 8.32. The lowest BCUT2D eigenvalue weighted by molar-refractivity contribution is -0.139. The predicted molar refractivity (Wildman–Crippen MR) is 91.7 cm³/mol. The second-order valence-corrected chi connectivity index (χ2v) is 5.99. The molecule has 0 aliphatic rings. The third kappa shape index (κ3) is 3.75. The van der Waals surface area contributed by atoms with E-state index in [0.29, 0.717) is 29.8 Å². The van der Waals surface area contributed by atoms with Crippen LogP contribution in [-0.2, 0) is 26.3 Å². The zero-order valence-electron chi connectivity index (χ0n) is 15.0. The summed E-state index contributed by atoms with van der Waals surface area (Å²) in [6.07, 6.45) is -4.16. The molecule has 0 aliphatic carbocycles. The van der Waals surface area contributed by atoms with Gasteiger partial charge in [-0.25, -0.2) is 9.18 Å². The number of tetrazole rings is 1. The average Bonchev–Trinajstić information content (AvgIpc) is 2.97. The molecule has 0 bridgehead atoms. The van der Waals surface area contributed by atoms with Gasteiger partial charge in [0.25, 0.3) is 0 Å². The fourth-order valence-electron chi connectivity index (χ4n) is 2.78. The molecule has 0 radical (unpaired) electrons. The lowest BCUT2D eigenvalue weighted by Crippen LogP contribution is -2.23. The van der Waals surface area contributed by atoms with Crippen molar-refractivity contribution >= 4 is 0 Å². The van der Waals surface area contributed by atoms with Gasteiger partial charge in [0.15, 0.2) is 0 Å². The number of aromatic nitrogens is 4. The third-order valence-electron chi connectivity index (χ3n) is 4.20. The van der Waals surface area contributed by atoms with E-state index in [4.69, 9.17) is 4.74 Å². The van der Waals surface area contributed by atoms with E-state index in [0.717, 1.165) is 21.0 Å². The van der Waals surface area contributed by atoms with Crippen LogP contribution in [0.25, 0.3) is 5.69 Å². The highest BCUT2D eigenvalue weighted by molar-refractivity contribution is 5.46. The second kappa shape index (κ2) is 7.45. The van der Waals surface area contributed by atoms with Gasteiger partial charge in [-0.2, -0.15) is 22.5 Å². The van der Waals surface area contributed by atoms with E-state index in [-0.39, 0.29) is 6.61 Å². The summed E-state index contributed by atoms with van der Waals surface area (Å²) in [5.41, 5.74) is -0.0512. The minimum absolute atomic E-state index is 0.311. The Bertz CT molecular complexity index is 1060. The number of halogens is 4. The Morgan fingerprint density at radius 3 is 2.50 bits per heavy atom. The van der Waals surface area contributed by atoms with Crippen molar-refractivity contribution in [1.29, 1.82) is 0 Å². The number of alkyl halides is 3. The number of benzene rings is 2. The van der Waals surface area contributed by atoms with E-state index in [1.165, 1.54) is 7.05 Å². The standard InChI is InChI=1S/C18H16F4N4O2/c1-3-11-5-4-6-15(26-17(27)25(2)23-24-26)13(11)10-28-16-9-12(19)7-8-14(16)18(20,21)22/h4-9H,3,10H2,1-2H3. The third-order valence-corrected chi connectivity index (χ3v) is 4.20. The maximum absolute atomic E-state index is 13.5. The highest BCUT2D eigenvalue weighted by atomic mass is 19.4. The van der Waals surface area contributed by atoms with Crippen LogP contribution in [0.3, 0.4) is 0 Å². The van der Waals surface area contributed by atoms with Crippen molar-refractivity contribution in [1.82, 2.24) is 19.8 Å². The molecule has 1 aromatic heterocycles. The van der Waals surface area contributed by atoms with Gasteiger partial charge in [0.2, 0.25) is 0 Å². The first kappa shape index (κ1) is 19.6. The zero-order chi connectivity index (χ0) is 20.5. The number of ether oxygens (including phenoxy) is 1. The van der Waals surface area contributed by atoms with Gasteiger partial charge >= 0.3 is 11.9 Å². The normalized spacial score (nSPS) is 11.6. The van der Waals surface area contributed by atoms with Gasteiger partial charge in [-0.3, -0.25) is 0 Å². The van der Waals surface area contributed by atoms with Gasteiger partial charge in [-0.1, -0.05) is 19.1 Å². The Kier molecular flexibility index (Phi) is 5.21. The van der Waals surface area contributed by atoms with Crippen molar-refractivity contribution in [2.75, 3.05) is 0 Å². The molecule has 2 aromatic carbocycles. The summed E-state index contributed by atoms with van der Waals surface area (Å²) in [7, 11) is 1.42. The summed E-state index contributed by atoms with van der Waals surface area (Å²) in [6, 6.07) is 7.09. The van der Waals surface area contributed by atoms with E-state index < -0.39 is 29.0 Å². The van der Waals surface area contributed by atoms with E-state index in [2.05, 4.69) is 10.4 Å². The molecule has 3 aromatic rings. The Morgan fingerprint density at radius 1 is 1.14 bits per heavy atom. The smallest absolute Gasteiger partial charge is 0.419 e. The molecule has 28 heavy (non-hydrogen) atoms. The van der Waals surface area contributed by atoms with Crippen LogP contribution in [0.1, 0.15) is 23.6 Å². The van der Waals surface area contributed by atoms with Gasteiger partial charge in [0.05, 0.1) is 11.3 Å². The molecule has 0 atom stereocenters. The summed E-state index contributed by atoms with van der Waals surface area (Å²) < 4.78 is 60.5. The van der Waals surface area contributed by atoms with Crippen molar-refractivity contribution in [3.63, 3.8) is 0 Å². The predicted octanol–water partition coefficient (Wildman–Crippen LogP) is 3.27. The van der Waals surface area contributed by atoms with Crippen molar-refractivity contribution in [3.8, 4) is 11.4 Å². The van der Waals surface area contributed by atoms with Gasteiger partial charge in [0.1, 0.15) is 18.2 Å². The molecular formula is C18H16F4N4O2.